The lowest BCUT2D eigenvalue weighted by molar-refractivity contribution is -0.134. The van der Waals surface area contributed by atoms with Gasteiger partial charge in [0, 0.05) is 25.7 Å². The highest BCUT2D eigenvalue weighted by atomic mass is 16.2. The van der Waals surface area contributed by atoms with Gasteiger partial charge in [0.2, 0.25) is 5.91 Å². The quantitative estimate of drug-likeness (QED) is 0.807. The van der Waals surface area contributed by atoms with E-state index in [-0.39, 0.29) is 11.9 Å². The highest BCUT2D eigenvalue weighted by Crippen LogP contribution is 2.22. The summed E-state index contributed by atoms with van der Waals surface area (Å²) in [5, 5.41) is 4.47. The van der Waals surface area contributed by atoms with E-state index in [4.69, 9.17) is 0 Å². The maximum Gasteiger partial charge on any atom is 0.223 e. The van der Waals surface area contributed by atoms with E-state index in [2.05, 4.69) is 42.4 Å². The Morgan fingerprint density at radius 3 is 2.76 bits per heavy atom. The average Bonchev–Trinajstić information content (AvgIpc) is 2.92. The van der Waals surface area contributed by atoms with Crippen LogP contribution in [0.25, 0.3) is 0 Å². The smallest absolute Gasteiger partial charge is 0.223 e. The molecule has 1 aliphatic rings. The molecule has 0 bridgehead atoms. The van der Waals surface area contributed by atoms with E-state index in [1.165, 1.54) is 0 Å². The van der Waals surface area contributed by atoms with Crippen LogP contribution in [0.4, 0.5) is 0 Å². The van der Waals surface area contributed by atoms with Crippen molar-refractivity contribution in [1.82, 2.24) is 19.6 Å². The van der Waals surface area contributed by atoms with Crippen molar-refractivity contribution in [2.45, 2.75) is 46.7 Å². The van der Waals surface area contributed by atoms with Crippen molar-refractivity contribution >= 4 is 5.91 Å². The molecule has 0 aliphatic carbocycles. The molecule has 1 atom stereocenters. The van der Waals surface area contributed by atoms with Gasteiger partial charge >= 0.3 is 0 Å². The molecule has 0 spiro atoms. The second kappa shape index (κ2) is 7.07. The molecule has 0 aromatic carbocycles. The zero-order chi connectivity index (χ0) is 15.4. The zero-order valence-corrected chi connectivity index (χ0v) is 13.7. The van der Waals surface area contributed by atoms with Crippen LogP contribution >= 0.6 is 0 Å². The zero-order valence-electron chi connectivity index (χ0n) is 13.7. The van der Waals surface area contributed by atoms with E-state index in [0.717, 1.165) is 31.9 Å². The maximum atomic E-state index is 12.4. The number of nitrogens with zero attached hydrogens (tertiary/aromatic N) is 4. The van der Waals surface area contributed by atoms with Crippen LogP contribution in [0.2, 0.25) is 0 Å². The topological polar surface area (TPSA) is 41.4 Å². The van der Waals surface area contributed by atoms with E-state index >= 15 is 0 Å². The minimum atomic E-state index is 0.264. The van der Waals surface area contributed by atoms with E-state index in [1.54, 1.807) is 0 Å². The number of hydrogen-bond acceptors (Lipinski definition) is 3. The van der Waals surface area contributed by atoms with Gasteiger partial charge in [0.1, 0.15) is 0 Å². The molecule has 1 amide bonds. The Morgan fingerprint density at radius 1 is 1.43 bits per heavy atom. The van der Waals surface area contributed by atoms with Gasteiger partial charge in [-0.1, -0.05) is 27.7 Å². The summed E-state index contributed by atoms with van der Waals surface area (Å²) in [4.78, 5) is 16.8. The van der Waals surface area contributed by atoms with Crippen molar-refractivity contribution in [3.05, 3.63) is 18.0 Å². The van der Waals surface area contributed by atoms with Crippen molar-refractivity contribution in [3.8, 4) is 0 Å². The van der Waals surface area contributed by atoms with E-state index < -0.39 is 0 Å². The molecule has 1 aromatic heterocycles. The minimum Gasteiger partial charge on any atom is -0.335 e. The summed E-state index contributed by atoms with van der Waals surface area (Å²) < 4.78 is 2.11. The number of aromatic nitrogens is 2. The first kappa shape index (κ1) is 16.0. The lowest BCUT2D eigenvalue weighted by Gasteiger charge is -2.36. The molecule has 0 saturated heterocycles. The van der Waals surface area contributed by atoms with Crippen molar-refractivity contribution < 1.29 is 4.79 Å². The fraction of sp³-hybridized carbons (Fsp3) is 0.750. The first-order chi connectivity index (χ1) is 10.0. The van der Waals surface area contributed by atoms with Gasteiger partial charge in [-0.3, -0.25) is 9.48 Å². The third kappa shape index (κ3) is 3.84. The Labute approximate surface area is 127 Å². The molecule has 5 nitrogen and oxygen atoms in total. The molecule has 0 fully saturated rings. The van der Waals surface area contributed by atoms with Gasteiger partial charge in [-0.2, -0.15) is 5.10 Å². The van der Waals surface area contributed by atoms with E-state index in [0.29, 0.717) is 18.9 Å². The molecule has 21 heavy (non-hydrogen) atoms. The summed E-state index contributed by atoms with van der Waals surface area (Å²) in [6.45, 7) is 13.0. The lowest BCUT2D eigenvalue weighted by Crippen LogP contribution is -2.45. The van der Waals surface area contributed by atoms with Crippen LogP contribution in [-0.2, 0) is 11.3 Å². The molecule has 1 aliphatic heterocycles. The maximum absolute atomic E-state index is 12.4. The van der Waals surface area contributed by atoms with Crippen LogP contribution in [0, 0.1) is 5.92 Å². The summed E-state index contributed by atoms with van der Waals surface area (Å²) in [5.74, 6) is 0.674. The normalized spacial score (nSPS) is 18.4. The molecule has 2 heterocycles. The minimum absolute atomic E-state index is 0.264. The number of likely N-dealkylation sites (N-methyl/N-ethyl adjacent to an activating group) is 1. The second-order valence-corrected chi connectivity index (χ2v) is 6.28. The largest absolute Gasteiger partial charge is 0.335 e. The lowest BCUT2D eigenvalue weighted by atomic mass is 10.1. The predicted octanol–water partition coefficient (Wildman–Crippen LogP) is 2.15. The molecule has 118 valence electrons. The molecule has 0 saturated carbocycles. The SMILES string of the molecule is CCN(CC)C[C@H]1CN(C(=O)CC(C)C)Cc2ccnn21. The molecule has 0 radical (unpaired) electrons. The Bertz CT molecular complexity index is 465. The van der Waals surface area contributed by atoms with Gasteiger partial charge in [-0.15, -0.1) is 0 Å². The van der Waals surface area contributed by atoms with Crippen LogP contribution in [-0.4, -0.2) is 51.7 Å². The van der Waals surface area contributed by atoms with Gasteiger partial charge in [0.25, 0.3) is 0 Å². The summed E-state index contributed by atoms with van der Waals surface area (Å²) in [6.07, 6.45) is 2.48. The van der Waals surface area contributed by atoms with E-state index in [1.807, 2.05) is 17.2 Å². The molecular formula is C16H28N4O. The second-order valence-electron chi connectivity index (χ2n) is 6.28. The summed E-state index contributed by atoms with van der Waals surface area (Å²) >= 11 is 0. The molecule has 2 rings (SSSR count). The van der Waals surface area contributed by atoms with Crippen LogP contribution in [0.3, 0.4) is 0 Å². The predicted molar refractivity (Wildman–Crippen MR) is 83.9 cm³/mol. The summed E-state index contributed by atoms with van der Waals surface area (Å²) in [7, 11) is 0. The Morgan fingerprint density at radius 2 is 2.14 bits per heavy atom. The Hall–Kier alpha value is -1.36. The number of hydrogen-bond donors (Lipinski definition) is 0. The highest BCUT2D eigenvalue weighted by molar-refractivity contribution is 5.76. The highest BCUT2D eigenvalue weighted by Gasteiger charge is 2.29. The van der Waals surface area contributed by atoms with Crippen molar-refractivity contribution in [1.29, 1.82) is 0 Å². The molecule has 0 N–H and O–H groups in total. The number of carbonyl (C=O) groups excluding carboxylic acids is 1. The molecule has 1 aromatic rings. The van der Waals surface area contributed by atoms with Gasteiger partial charge in [-0.05, 0) is 25.1 Å². The molecule has 0 unspecified atom stereocenters. The fourth-order valence-electron chi connectivity index (χ4n) is 2.97. The standard InChI is InChI=1S/C16H28N4O/c1-5-18(6-2)10-15-12-19(16(21)9-13(3)4)11-14-7-8-17-20(14)15/h7-8,13,15H,5-6,9-12H2,1-4H3/t15-/m0/s1. The first-order valence-electron chi connectivity index (χ1n) is 8.07. The monoisotopic (exact) mass is 292 g/mol. The van der Waals surface area contributed by atoms with Crippen LogP contribution in [0.5, 0.6) is 0 Å². The van der Waals surface area contributed by atoms with Gasteiger partial charge in [0.05, 0.1) is 18.3 Å². The summed E-state index contributed by atoms with van der Waals surface area (Å²) in [6, 6.07) is 2.30. The third-order valence-electron chi connectivity index (χ3n) is 4.18. The van der Waals surface area contributed by atoms with Crippen LogP contribution in [0.1, 0.15) is 45.9 Å². The van der Waals surface area contributed by atoms with Gasteiger partial charge < -0.3 is 9.80 Å². The van der Waals surface area contributed by atoms with E-state index in [9.17, 15) is 4.79 Å². The summed E-state index contributed by atoms with van der Waals surface area (Å²) in [5.41, 5.74) is 1.15. The van der Waals surface area contributed by atoms with Crippen molar-refractivity contribution in [2.24, 2.45) is 5.92 Å². The Kier molecular flexibility index (Phi) is 5.39. The van der Waals surface area contributed by atoms with Gasteiger partial charge in [0.15, 0.2) is 0 Å². The average molecular weight is 292 g/mol. The molecular weight excluding hydrogens is 264 g/mol. The van der Waals surface area contributed by atoms with Crippen LogP contribution < -0.4 is 0 Å². The molecule has 5 heteroatoms. The number of amides is 1. The van der Waals surface area contributed by atoms with Crippen LogP contribution in [0.15, 0.2) is 12.3 Å². The number of rotatable bonds is 6. The van der Waals surface area contributed by atoms with Gasteiger partial charge in [-0.25, -0.2) is 0 Å². The Balaban J connectivity index is 2.12. The number of carbonyl (C=O) groups is 1. The van der Waals surface area contributed by atoms with Crippen molar-refractivity contribution in [3.63, 3.8) is 0 Å². The number of fused-ring (bicyclic) bond motifs is 1. The fourth-order valence-corrected chi connectivity index (χ4v) is 2.97. The van der Waals surface area contributed by atoms with Crippen molar-refractivity contribution in [2.75, 3.05) is 26.2 Å². The third-order valence-corrected chi connectivity index (χ3v) is 4.18. The first-order valence-corrected chi connectivity index (χ1v) is 8.07.